The Hall–Kier alpha value is -6.69. The van der Waals surface area contributed by atoms with Crippen LogP contribution in [0.15, 0.2) is 138 Å². The van der Waals surface area contributed by atoms with E-state index in [2.05, 4.69) is 36.0 Å². The van der Waals surface area contributed by atoms with Crippen LogP contribution >= 0.6 is 0 Å². The number of ether oxygens (including phenoxy) is 2. The van der Waals surface area contributed by atoms with Gasteiger partial charge in [0.15, 0.2) is 5.75 Å². The van der Waals surface area contributed by atoms with Crippen LogP contribution in [0.4, 0.5) is 45.5 Å². The molecule has 6 rings (SSSR count). The van der Waals surface area contributed by atoms with Crippen LogP contribution in [0.2, 0.25) is 0 Å². The smallest absolute Gasteiger partial charge is 0.296 e. The van der Waals surface area contributed by atoms with E-state index >= 15 is 0 Å². The van der Waals surface area contributed by atoms with Crippen LogP contribution in [0.1, 0.15) is 23.1 Å². The van der Waals surface area contributed by atoms with Crippen LogP contribution in [0.25, 0.3) is 10.8 Å². The average Bonchev–Trinajstić information content (AvgIpc) is 3.21. The summed E-state index contributed by atoms with van der Waals surface area (Å²) in [5.41, 5.74) is 3.35. The zero-order chi connectivity index (χ0) is 45.7. The number of rotatable bonds is 16. The summed E-state index contributed by atoms with van der Waals surface area (Å²) in [7, 11) is -12.6. The van der Waals surface area contributed by atoms with Gasteiger partial charge < -0.3 is 19.9 Å². The maximum Gasteiger partial charge on any atom is 0.296 e. The molecule has 0 aliphatic carbocycles. The van der Waals surface area contributed by atoms with Gasteiger partial charge >= 0.3 is 0 Å². The Morgan fingerprint density at radius 2 is 1.16 bits per heavy atom. The molecular formula is C41H39N7O12S3. The van der Waals surface area contributed by atoms with Crippen LogP contribution in [0, 0.1) is 20.8 Å². The van der Waals surface area contributed by atoms with Gasteiger partial charge in [-0.05, 0) is 116 Å². The molecule has 0 unspecified atom stereocenters. The Morgan fingerprint density at radius 1 is 0.587 bits per heavy atom. The zero-order valence-corrected chi connectivity index (χ0v) is 36.3. The van der Waals surface area contributed by atoms with Crippen molar-refractivity contribution in [1.29, 1.82) is 0 Å². The SMILES string of the molecule is COc1ccc(N=Nc2cc(C)c(N=Nc3cc(OCCCS(=O)(=O)O)c(N=Nc4c(S(=O)(=O)O)cc5cc(Nc6ccccc6)ccc5c4O)cc3C)cc2C)c(S(=O)(=O)O)c1. The second-order valence-electron chi connectivity index (χ2n) is 13.9. The van der Waals surface area contributed by atoms with Crippen molar-refractivity contribution in [2.45, 2.75) is 37.0 Å². The molecule has 6 aromatic carbocycles. The minimum Gasteiger partial charge on any atom is -0.505 e. The first-order valence-electron chi connectivity index (χ1n) is 18.5. The van der Waals surface area contributed by atoms with E-state index in [0.717, 1.165) is 17.8 Å². The highest BCUT2D eigenvalue weighted by Gasteiger charge is 2.23. The first kappa shape index (κ1) is 45.8. The number of aryl methyl sites for hydroxylation is 3. The van der Waals surface area contributed by atoms with Crippen molar-refractivity contribution >= 4 is 86.6 Å². The quantitative estimate of drug-likeness (QED) is 0.0343. The first-order valence-corrected chi connectivity index (χ1v) is 23.0. The molecule has 0 bridgehead atoms. The fourth-order valence-electron chi connectivity index (χ4n) is 6.03. The summed E-state index contributed by atoms with van der Waals surface area (Å²) >= 11 is 0. The van der Waals surface area contributed by atoms with E-state index in [0.29, 0.717) is 33.8 Å². The third-order valence-corrected chi connectivity index (χ3v) is 11.8. The molecule has 0 atom stereocenters. The molecule has 0 aliphatic heterocycles. The maximum atomic E-state index is 12.6. The number of nitrogens with one attached hydrogen (secondary N) is 1. The van der Waals surface area contributed by atoms with Crippen LogP contribution in [-0.4, -0.2) is 63.5 Å². The lowest BCUT2D eigenvalue weighted by Crippen LogP contribution is -2.08. The topological polar surface area (TPSA) is 288 Å². The second-order valence-corrected chi connectivity index (χ2v) is 18.3. The van der Waals surface area contributed by atoms with Gasteiger partial charge in [0.2, 0.25) is 0 Å². The number of anilines is 2. The van der Waals surface area contributed by atoms with Crippen LogP contribution in [-0.2, 0) is 30.4 Å². The Morgan fingerprint density at radius 3 is 1.75 bits per heavy atom. The van der Waals surface area contributed by atoms with Gasteiger partial charge in [-0.15, -0.1) is 15.3 Å². The molecule has 0 aromatic heterocycles. The number of fused-ring (bicyclic) bond motifs is 1. The summed E-state index contributed by atoms with van der Waals surface area (Å²) in [5, 5.41) is 40.2. The summed E-state index contributed by atoms with van der Waals surface area (Å²) in [6.07, 6.45) is -0.128. The van der Waals surface area contributed by atoms with E-state index in [9.17, 15) is 44.0 Å². The number of para-hydroxylation sites is 1. The van der Waals surface area contributed by atoms with Crippen LogP contribution < -0.4 is 14.8 Å². The second kappa shape index (κ2) is 18.7. The minimum atomic E-state index is -4.97. The minimum absolute atomic E-state index is 0.00254. The lowest BCUT2D eigenvalue weighted by atomic mass is 10.1. The zero-order valence-electron chi connectivity index (χ0n) is 33.8. The Bertz CT molecular complexity index is 3160. The molecule has 5 N–H and O–H groups in total. The Balaban J connectivity index is 1.33. The van der Waals surface area contributed by atoms with E-state index in [1.165, 1.54) is 31.4 Å². The van der Waals surface area contributed by atoms with Crippen LogP contribution in [0.3, 0.4) is 0 Å². The van der Waals surface area contributed by atoms with Crippen molar-refractivity contribution in [1.82, 2.24) is 0 Å². The number of phenolic OH excluding ortho intramolecular Hbond substituents is 1. The molecule has 0 aliphatic rings. The largest absolute Gasteiger partial charge is 0.505 e. The molecule has 0 amide bonds. The monoisotopic (exact) mass is 917 g/mol. The standard InChI is InChI=1S/C41H39N7O12S3/c1-24-18-34(25(2)17-33(24)44-43-32-14-12-30(59-4)22-38(32)62(53,54)55)45-46-35-23-37(60-15-8-16-61(50,51)52)36(19-26(35)3)47-48-40-39(63(56,57)58)21-27-20-29(11-13-31(27)41(40)49)42-28-9-6-5-7-10-28/h5-7,9-14,17-23,42,49H,8,15-16H2,1-4H3,(H,50,51,52)(H,53,54,55)(H,56,57,58). The van der Waals surface area contributed by atoms with Crippen molar-refractivity contribution in [3.63, 3.8) is 0 Å². The lowest BCUT2D eigenvalue weighted by Gasteiger charge is -2.13. The predicted molar refractivity (Wildman–Crippen MR) is 234 cm³/mol. The third-order valence-electron chi connectivity index (χ3n) is 9.22. The molecular weight excluding hydrogens is 879 g/mol. The fraction of sp³-hybridized carbons (Fsp3) is 0.171. The average molecular weight is 918 g/mol. The molecule has 0 spiro atoms. The summed E-state index contributed by atoms with van der Waals surface area (Å²) in [6.45, 7) is 4.88. The molecule has 328 valence electrons. The first-order chi connectivity index (χ1) is 29.7. The van der Waals surface area contributed by atoms with Gasteiger partial charge in [-0.25, -0.2) is 0 Å². The van der Waals surface area contributed by atoms with Gasteiger partial charge in [-0.1, -0.05) is 18.2 Å². The van der Waals surface area contributed by atoms with Gasteiger partial charge in [-0.2, -0.15) is 40.6 Å². The number of phenols is 1. The highest BCUT2D eigenvalue weighted by molar-refractivity contribution is 7.86. The Labute approximate surface area is 362 Å². The number of hydrogen-bond donors (Lipinski definition) is 5. The number of azo groups is 3. The highest BCUT2D eigenvalue weighted by Crippen LogP contribution is 2.44. The fourth-order valence-corrected chi connectivity index (χ4v) is 7.81. The van der Waals surface area contributed by atoms with Gasteiger partial charge in [-0.3, -0.25) is 13.7 Å². The number of benzene rings is 6. The molecule has 22 heteroatoms. The maximum absolute atomic E-state index is 12.6. The van der Waals surface area contributed by atoms with E-state index in [1.54, 1.807) is 51.1 Å². The lowest BCUT2D eigenvalue weighted by molar-refractivity contribution is 0.317. The Kier molecular flexibility index (Phi) is 13.6. The van der Waals surface area contributed by atoms with Gasteiger partial charge in [0.1, 0.15) is 38.4 Å². The van der Waals surface area contributed by atoms with Crippen molar-refractivity contribution < 1.29 is 53.5 Å². The molecule has 6 aromatic rings. The van der Waals surface area contributed by atoms with Crippen molar-refractivity contribution in [2.24, 2.45) is 30.7 Å². The van der Waals surface area contributed by atoms with Crippen molar-refractivity contribution in [3.05, 3.63) is 114 Å². The number of hydrogen-bond acceptors (Lipinski definition) is 16. The number of nitrogens with zero attached hydrogens (tertiary/aromatic N) is 6. The summed E-state index contributed by atoms with van der Waals surface area (Å²) in [4.78, 5) is -1.22. The molecule has 63 heavy (non-hydrogen) atoms. The van der Waals surface area contributed by atoms with Crippen molar-refractivity contribution in [3.8, 4) is 17.2 Å². The summed E-state index contributed by atoms with van der Waals surface area (Å²) in [5.74, 6) is -1.01. The third kappa shape index (κ3) is 11.6. The van der Waals surface area contributed by atoms with E-state index in [-0.39, 0.29) is 52.4 Å². The van der Waals surface area contributed by atoms with Gasteiger partial charge in [0.05, 0.1) is 36.5 Å². The highest BCUT2D eigenvalue weighted by atomic mass is 32.2. The summed E-state index contributed by atoms with van der Waals surface area (Å²) < 4.78 is 112. The normalized spacial score (nSPS) is 12.5. The number of aromatic hydroxyl groups is 1. The van der Waals surface area contributed by atoms with Gasteiger partial charge in [0.25, 0.3) is 30.4 Å². The molecule has 0 radical (unpaired) electrons. The molecule has 0 saturated carbocycles. The van der Waals surface area contributed by atoms with Gasteiger partial charge in [0, 0.05) is 28.9 Å². The van der Waals surface area contributed by atoms with E-state index < -0.39 is 57.3 Å². The summed E-state index contributed by atoms with van der Waals surface area (Å²) in [6, 6.07) is 25.3. The molecule has 0 heterocycles. The number of methoxy groups -OCH3 is 1. The molecule has 19 nitrogen and oxygen atoms in total. The van der Waals surface area contributed by atoms with Crippen LogP contribution in [0.5, 0.6) is 17.2 Å². The van der Waals surface area contributed by atoms with E-state index in [1.807, 2.05) is 30.3 Å². The molecule has 0 fully saturated rings. The van der Waals surface area contributed by atoms with E-state index in [4.69, 9.17) is 9.47 Å². The molecule has 0 saturated heterocycles. The van der Waals surface area contributed by atoms with Crippen molar-refractivity contribution in [2.75, 3.05) is 24.8 Å². The predicted octanol–water partition coefficient (Wildman–Crippen LogP) is 10.6.